The number of alkyl halides is 1. The third-order valence-electron chi connectivity index (χ3n) is 3.56. The topological polar surface area (TPSA) is 9.23 Å². The fourth-order valence-corrected chi connectivity index (χ4v) is 3.07. The van der Waals surface area contributed by atoms with Crippen LogP contribution in [0, 0.1) is 11.2 Å². The number of methoxy groups -OCH3 is 1. The second kappa shape index (κ2) is 4.49. The average molecular weight is 257 g/mol. The number of ether oxygens (including phenoxy) is 1. The van der Waals surface area contributed by atoms with E-state index in [1.807, 2.05) is 6.07 Å². The molecule has 0 radical (unpaired) electrons. The largest absolute Gasteiger partial charge is 0.497 e. The van der Waals surface area contributed by atoms with Gasteiger partial charge in [0.25, 0.3) is 0 Å². The Labute approximate surface area is 107 Å². The molecular formula is C14H18ClFO. The highest BCUT2D eigenvalue weighted by Gasteiger charge is 2.30. The van der Waals surface area contributed by atoms with Gasteiger partial charge in [0.2, 0.25) is 0 Å². The standard InChI is InChI=1S/C14H18ClFO/c1-14(2)5-4-10-11(12(15)8-14)6-9(17-3)7-13(10)16/h6-7,12H,4-5,8H2,1-3H3. The highest BCUT2D eigenvalue weighted by molar-refractivity contribution is 6.21. The first-order valence-electron chi connectivity index (χ1n) is 5.93. The van der Waals surface area contributed by atoms with Crippen molar-refractivity contribution in [3.05, 3.63) is 29.1 Å². The van der Waals surface area contributed by atoms with Crippen LogP contribution in [0.5, 0.6) is 5.75 Å². The first-order valence-corrected chi connectivity index (χ1v) is 6.37. The van der Waals surface area contributed by atoms with Crippen LogP contribution in [0.4, 0.5) is 4.39 Å². The summed E-state index contributed by atoms with van der Waals surface area (Å²) >= 11 is 6.41. The maximum Gasteiger partial charge on any atom is 0.130 e. The lowest BCUT2D eigenvalue weighted by molar-refractivity contribution is 0.313. The Morgan fingerprint density at radius 2 is 2.12 bits per heavy atom. The molecule has 0 bridgehead atoms. The minimum absolute atomic E-state index is 0.132. The van der Waals surface area contributed by atoms with Crippen LogP contribution >= 0.6 is 11.6 Å². The van der Waals surface area contributed by atoms with Gasteiger partial charge in [-0.05, 0) is 41.9 Å². The molecular weight excluding hydrogens is 239 g/mol. The molecule has 3 heteroatoms. The summed E-state index contributed by atoms with van der Waals surface area (Å²) < 4.78 is 19.1. The molecule has 1 aliphatic carbocycles. The Bertz CT molecular complexity index is 428. The molecule has 0 amide bonds. The maximum atomic E-state index is 14.0. The molecule has 2 rings (SSSR count). The van der Waals surface area contributed by atoms with Crippen LogP contribution < -0.4 is 4.74 Å². The number of benzene rings is 1. The van der Waals surface area contributed by atoms with E-state index in [1.54, 1.807) is 7.11 Å². The average Bonchev–Trinajstić information content (AvgIpc) is 2.36. The van der Waals surface area contributed by atoms with Gasteiger partial charge in [-0.2, -0.15) is 0 Å². The first kappa shape index (κ1) is 12.7. The predicted octanol–water partition coefficient (Wildman–Crippen LogP) is 4.48. The molecule has 0 aliphatic heterocycles. The van der Waals surface area contributed by atoms with Crippen LogP contribution in [0.15, 0.2) is 12.1 Å². The molecule has 0 saturated carbocycles. The van der Waals surface area contributed by atoms with Gasteiger partial charge in [0.05, 0.1) is 12.5 Å². The Balaban J connectivity index is 2.47. The quantitative estimate of drug-likeness (QED) is 0.532. The maximum absolute atomic E-state index is 14.0. The third-order valence-corrected chi connectivity index (χ3v) is 3.95. The minimum Gasteiger partial charge on any atom is -0.497 e. The van der Waals surface area contributed by atoms with Crippen molar-refractivity contribution in [3.63, 3.8) is 0 Å². The van der Waals surface area contributed by atoms with Gasteiger partial charge in [-0.3, -0.25) is 0 Å². The Morgan fingerprint density at radius 1 is 1.41 bits per heavy atom. The van der Waals surface area contributed by atoms with Crippen molar-refractivity contribution in [1.82, 2.24) is 0 Å². The van der Waals surface area contributed by atoms with E-state index in [4.69, 9.17) is 16.3 Å². The molecule has 1 aromatic rings. The summed E-state index contributed by atoms with van der Waals surface area (Å²) in [5, 5.41) is -0.132. The van der Waals surface area contributed by atoms with Crippen LogP contribution in [0.1, 0.15) is 43.2 Å². The van der Waals surface area contributed by atoms with Crippen LogP contribution in [0.2, 0.25) is 0 Å². The van der Waals surface area contributed by atoms with Crippen LogP contribution in [0.25, 0.3) is 0 Å². The van der Waals surface area contributed by atoms with Crippen molar-refractivity contribution >= 4 is 11.6 Å². The van der Waals surface area contributed by atoms with E-state index in [2.05, 4.69) is 13.8 Å². The van der Waals surface area contributed by atoms with Gasteiger partial charge < -0.3 is 4.74 Å². The first-order chi connectivity index (χ1) is 7.93. The zero-order valence-electron chi connectivity index (χ0n) is 10.5. The molecule has 0 heterocycles. The van der Waals surface area contributed by atoms with Crippen LogP contribution in [0.3, 0.4) is 0 Å². The molecule has 1 nitrogen and oxygen atoms in total. The van der Waals surface area contributed by atoms with Crippen molar-refractivity contribution in [1.29, 1.82) is 0 Å². The predicted molar refractivity (Wildman–Crippen MR) is 68.3 cm³/mol. The number of hydrogen-bond acceptors (Lipinski definition) is 1. The van der Waals surface area contributed by atoms with Gasteiger partial charge in [0.1, 0.15) is 11.6 Å². The fourth-order valence-electron chi connectivity index (χ4n) is 2.45. The lowest BCUT2D eigenvalue weighted by atomic mass is 9.84. The van der Waals surface area contributed by atoms with Gasteiger partial charge >= 0.3 is 0 Å². The van der Waals surface area contributed by atoms with Crippen molar-refractivity contribution in [2.45, 2.75) is 38.5 Å². The van der Waals surface area contributed by atoms with Gasteiger partial charge in [-0.25, -0.2) is 4.39 Å². The number of hydrogen-bond donors (Lipinski definition) is 0. The van der Waals surface area contributed by atoms with Gasteiger partial charge in [-0.1, -0.05) is 13.8 Å². The molecule has 0 N–H and O–H groups in total. The summed E-state index contributed by atoms with van der Waals surface area (Å²) in [4.78, 5) is 0. The van der Waals surface area contributed by atoms with E-state index >= 15 is 0 Å². The second-order valence-corrected chi connectivity index (χ2v) is 6.04. The van der Waals surface area contributed by atoms with Gasteiger partial charge in [0.15, 0.2) is 0 Å². The van der Waals surface area contributed by atoms with Gasteiger partial charge in [-0.15, -0.1) is 11.6 Å². The molecule has 1 aromatic carbocycles. The lowest BCUT2D eigenvalue weighted by Crippen LogP contribution is -2.11. The number of rotatable bonds is 1. The smallest absolute Gasteiger partial charge is 0.130 e. The molecule has 1 atom stereocenters. The Hall–Kier alpha value is -0.760. The summed E-state index contributed by atoms with van der Waals surface area (Å²) in [5.74, 6) is 0.356. The summed E-state index contributed by atoms with van der Waals surface area (Å²) in [6.45, 7) is 4.37. The van der Waals surface area contributed by atoms with E-state index in [9.17, 15) is 4.39 Å². The zero-order chi connectivity index (χ0) is 12.6. The van der Waals surface area contributed by atoms with E-state index < -0.39 is 0 Å². The SMILES string of the molecule is COc1cc(F)c2c(c1)C(Cl)CC(C)(C)CC2. The molecule has 1 unspecified atom stereocenters. The highest BCUT2D eigenvalue weighted by Crippen LogP contribution is 2.44. The van der Waals surface area contributed by atoms with E-state index in [-0.39, 0.29) is 16.6 Å². The Morgan fingerprint density at radius 3 is 2.76 bits per heavy atom. The van der Waals surface area contributed by atoms with Crippen molar-refractivity contribution in [2.24, 2.45) is 5.41 Å². The van der Waals surface area contributed by atoms with Crippen LogP contribution in [-0.4, -0.2) is 7.11 Å². The molecule has 0 saturated heterocycles. The molecule has 0 aromatic heterocycles. The fraction of sp³-hybridized carbons (Fsp3) is 0.571. The number of halogens is 2. The number of fused-ring (bicyclic) bond motifs is 1. The summed E-state index contributed by atoms with van der Waals surface area (Å²) in [6, 6.07) is 3.32. The van der Waals surface area contributed by atoms with Crippen molar-refractivity contribution < 1.29 is 9.13 Å². The van der Waals surface area contributed by atoms with E-state index in [1.165, 1.54) is 6.07 Å². The highest BCUT2D eigenvalue weighted by atomic mass is 35.5. The van der Waals surface area contributed by atoms with E-state index in [0.717, 1.165) is 30.4 Å². The molecule has 17 heavy (non-hydrogen) atoms. The summed E-state index contributed by atoms with van der Waals surface area (Å²) in [5.41, 5.74) is 1.82. The molecule has 1 aliphatic rings. The Kier molecular flexibility index (Phi) is 3.35. The van der Waals surface area contributed by atoms with Gasteiger partial charge in [0, 0.05) is 6.07 Å². The monoisotopic (exact) mass is 256 g/mol. The van der Waals surface area contributed by atoms with Crippen molar-refractivity contribution in [3.8, 4) is 5.75 Å². The minimum atomic E-state index is -0.192. The second-order valence-electron chi connectivity index (χ2n) is 5.51. The van der Waals surface area contributed by atoms with Crippen molar-refractivity contribution in [2.75, 3.05) is 7.11 Å². The lowest BCUT2D eigenvalue weighted by Gasteiger charge is -2.23. The molecule has 94 valence electrons. The van der Waals surface area contributed by atoms with Crippen LogP contribution in [-0.2, 0) is 6.42 Å². The zero-order valence-corrected chi connectivity index (χ0v) is 11.3. The normalized spacial score (nSPS) is 22.8. The molecule has 0 spiro atoms. The van der Waals surface area contributed by atoms with E-state index in [0.29, 0.717) is 5.75 Å². The third kappa shape index (κ3) is 2.57. The summed E-state index contributed by atoms with van der Waals surface area (Å²) in [7, 11) is 1.55. The summed E-state index contributed by atoms with van der Waals surface area (Å²) in [6.07, 6.45) is 2.59. The molecule has 0 fully saturated rings.